The molecule has 1 aromatic carbocycles. The molecule has 6 nitrogen and oxygen atoms in total. The molecule has 1 aliphatic rings. The maximum Gasteiger partial charge on any atom is 0.193 e. The van der Waals surface area contributed by atoms with Gasteiger partial charge in [0.15, 0.2) is 5.96 Å². The predicted octanol–water partition coefficient (Wildman–Crippen LogP) is 2.62. The van der Waals surface area contributed by atoms with Gasteiger partial charge in [-0.3, -0.25) is 4.99 Å². The fourth-order valence-electron chi connectivity index (χ4n) is 2.75. The van der Waals surface area contributed by atoms with Crippen LogP contribution in [0.2, 0.25) is 0 Å². The van der Waals surface area contributed by atoms with Crippen molar-refractivity contribution < 1.29 is 14.2 Å². The first kappa shape index (κ1) is 21.8. The second-order valence-corrected chi connectivity index (χ2v) is 6.14. The van der Waals surface area contributed by atoms with E-state index in [4.69, 9.17) is 14.2 Å². The molecule has 1 saturated heterocycles. The number of hydrogen-bond donors (Lipinski definition) is 1. The Morgan fingerprint density at radius 2 is 2.04 bits per heavy atom. The molecule has 2 rings (SSSR count). The molecule has 1 N–H and O–H groups in total. The van der Waals surface area contributed by atoms with Crippen molar-refractivity contribution in [1.29, 1.82) is 0 Å². The number of aliphatic imine (C=N–C) groups is 1. The van der Waals surface area contributed by atoms with Gasteiger partial charge >= 0.3 is 0 Å². The van der Waals surface area contributed by atoms with Gasteiger partial charge in [-0.1, -0.05) is 0 Å². The van der Waals surface area contributed by atoms with Gasteiger partial charge in [0.05, 0.1) is 20.3 Å². The minimum Gasteiger partial charge on any atom is -0.497 e. The molecule has 2 unspecified atom stereocenters. The molecule has 0 aromatic heterocycles. The predicted molar refractivity (Wildman–Crippen MR) is 111 cm³/mol. The van der Waals surface area contributed by atoms with E-state index in [0.717, 1.165) is 43.6 Å². The van der Waals surface area contributed by atoms with Crippen LogP contribution in [0.25, 0.3) is 0 Å². The molecule has 0 amide bonds. The highest BCUT2D eigenvalue weighted by Crippen LogP contribution is 2.18. The van der Waals surface area contributed by atoms with Crippen LogP contribution in [-0.2, 0) is 4.74 Å². The van der Waals surface area contributed by atoms with E-state index in [1.54, 1.807) is 14.2 Å². The number of nitrogens with one attached hydrogen (secondary N) is 1. The molecule has 0 saturated carbocycles. The summed E-state index contributed by atoms with van der Waals surface area (Å²) in [4.78, 5) is 6.50. The fourth-order valence-corrected chi connectivity index (χ4v) is 2.75. The molecule has 0 radical (unpaired) electrons. The van der Waals surface area contributed by atoms with Crippen LogP contribution >= 0.6 is 24.0 Å². The summed E-state index contributed by atoms with van der Waals surface area (Å²) in [6, 6.07) is 7.62. The number of guanidine groups is 1. The Labute approximate surface area is 167 Å². The second-order valence-electron chi connectivity index (χ2n) is 6.14. The number of halogens is 1. The Morgan fingerprint density at radius 3 is 2.60 bits per heavy atom. The molecule has 1 fully saturated rings. The lowest BCUT2D eigenvalue weighted by atomic mass is 10.1. The van der Waals surface area contributed by atoms with Gasteiger partial charge in [-0.05, 0) is 37.6 Å². The van der Waals surface area contributed by atoms with E-state index in [0.29, 0.717) is 12.5 Å². The Bertz CT molecular complexity index is 519. The van der Waals surface area contributed by atoms with E-state index < -0.39 is 0 Å². The zero-order chi connectivity index (χ0) is 17.4. The summed E-state index contributed by atoms with van der Waals surface area (Å²) in [6.07, 6.45) is 1.15. The van der Waals surface area contributed by atoms with E-state index in [-0.39, 0.29) is 30.1 Å². The molecule has 1 aliphatic heterocycles. The summed E-state index contributed by atoms with van der Waals surface area (Å²) in [5, 5.41) is 3.37. The summed E-state index contributed by atoms with van der Waals surface area (Å²) < 4.78 is 16.5. The van der Waals surface area contributed by atoms with E-state index >= 15 is 0 Å². The second kappa shape index (κ2) is 11.4. The van der Waals surface area contributed by atoms with Crippen LogP contribution in [0.3, 0.4) is 0 Å². The van der Waals surface area contributed by atoms with Crippen LogP contribution in [0.5, 0.6) is 11.5 Å². The zero-order valence-corrected chi connectivity index (χ0v) is 17.9. The van der Waals surface area contributed by atoms with Crippen LogP contribution in [-0.4, -0.2) is 64.5 Å². The zero-order valence-electron chi connectivity index (χ0n) is 15.5. The summed E-state index contributed by atoms with van der Waals surface area (Å²) in [6.45, 7) is 5.39. The van der Waals surface area contributed by atoms with Crippen LogP contribution in [0.15, 0.2) is 29.3 Å². The normalized spacial score (nSPS) is 18.2. The van der Waals surface area contributed by atoms with Crippen LogP contribution in [0.1, 0.15) is 13.3 Å². The van der Waals surface area contributed by atoms with Crippen molar-refractivity contribution in [1.82, 2.24) is 10.2 Å². The lowest BCUT2D eigenvalue weighted by Gasteiger charge is -2.25. The first-order valence-corrected chi connectivity index (χ1v) is 8.42. The third kappa shape index (κ3) is 7.27. The van der Waals surface area contributed by atoms with Gasteiger partial charge in [0.1, 0.15) is 17.6 Å². The third-order valence-electron chi connectivity index (χ3n) is 4.07. The summed E-state index contributed by atoms with van der Waals surface area (Å²) >= 11 is 0. The Kier molecular flexibility index (Phi) is 9.96. The van der Waals surface area contributed by atoms with Crippen molar-refractivity contribution in [2.45, 2.75) is 19.4 Å². The molecule has 2 atom stereocenters. The van der Waals surface area contributed by atoms with E-state index in [9.17, 15) is 0 Å². The maximum absolute atomic E-state index is 5.91. The number of nitrogens with zero attached hydrogens (tertiary/aromatic N) is 2. The van der Waals surface area contributed by atoms with Gasteiger partial charge in [-0.2, -0.15) is 0 Å². The van der Waals surface area contributed by atoms with E-state index in [1.165, 1.54) is 0 Å². The van der Waals surface area contributed by atoms with Gasteiger partial charge in [-0.25, -0.2) is 0 Å². The van der Waals surface area contributed by atoms with Crippen LogP contribution in [0, 0.1) is 5.92 Å². The molecule has 0 bridgehead atoms. The molecule has 0 aliphatic carbocycles. The summed E-state index contributed by atoms with van der Waals surface area (Å²) in [5.41, 5.74) is 0. The fraction of sp³-hybridized carbons (Fsp3) is 0.611. The number of benzene rings is 1. The molecule has 142 valence electrons. The number of ether oxygens (including phenoxy) is 3. The Balaban J connectivity index is 0.00000312. The van der Waals surface area contributed by atoms with Gasteiger partial charge in [-0.15, -0.1) is 24.0 Å². The molecular formula is C18H30IN3O3. The van der Waals surface area contributed by atoms with Crippen molar-refractivity contribution in [2.75, 3.05) is 47.5 Å². The summed E-state index contributed by atoms with van der Waals surface area (Å²) in [5.74, 6) is 3.12. The average molecular weight is 463 g/mol. The van der Waals surface area contributed by atoms with Gasteiger partial charge in [0.25, 0.3) is 0 Å². The van der Waals surface area contributed by atoms with Crippen LogP contribution < -0.4 is 14.8 Å². The first-order valence-electron chi connectivity index (χ1n) is 8.42. The standard InChI is InChI=1S/C18H29N3O3.HI/c1-14(24-17-7-5-16(22-4)6-8-17)11-20-18(19-2)21(3)12-15-9-10-23-13-15;/h5-8,14-15H,9-13H2,1-4H3,(H,19,20);1H. The van der Waals surface area contributed by atoms with E-state index in [2.05, 4.69) is 22.3 Å². The van der Waals surface area contributed by atoms with Gasteiger partial charge in [0, 0.05) is 33.2 Å². The Morgan fingerprint density at radius 1 is 1.36 bits per heavy atom. The Hall–Kier alpha value is -1.22. The third-order valence-corrected chi connectivity index (χ3v) is 4.07. The highest BCUT2D eigenvalue weighted by molar-refractivity contribution is 14.0. The van der Waals surface area contributed by atoms with Crippen molar-refractivity contribution >= 4 is 29.9 Å². The number of hydrogen-bond acceptors (Lipinski definition) is 4. The highest BCUT2D eigenvalue weighted by atomic mass is 127. The van der Waals surface area contributed by atoms with Crippen molar-refractivity contribution in [2.24, 2.45) is 10.9 Å². The maximum atomic E-state index is 5.91. The van der Waals surface area contributed by atoms with Crippen molar-refractivity contribution in [3.05, 3.63) is 24.3 Å². The summed E-state index contributed by atoms with van der Waals surface area (Å²) in [7, 11) is 5.52. The minimum atomic E-state index is 0. The number of methoxy groups -OCH3 is 1. The monoisotopic (exact) mass is 463 g/mol. The molecule has 0 spiro atoms. The molecule has 7 heteroatoms. The number of rotatable bonds is 7. The van der Waals surface area contributed by atoms with E-state index in [1.807, 2.05) is 31.2 Å². The highest BCUT2D eigenvalue weighted by Gasteiger charge is 2.19. The molecule has 25 heavy (non-hydrogen) atoms. The van der Waals surface area contributed by atoms with Crippen LogP contribution in [0.4, 0.5) is 0 Å². The topological polar surface area (TPSA) is 55.3 Å². The smallest absolute Gasteiger partial charge is 0.193 e. The quantitative estimate of drug-likeness (QED) is 0.383. The molecule has 1 aromatic rings. The first-order chi connectivity index (χ1) is 11.6. The largest absolute Gasteiger partial charge is 0.497 e. The lowest BCUT2D eigenvalue weighted by Crippen LogP contribution is -2.44. The minimum absolute atomic E-state index is 0. The van der Waals surface area contributed by atoms with Gasteiger partial charge < -0.3 is 24.4 Å². The molecular weight excluding hydrogens is 433 g/mol. The van der Waals surface area contributed by atoms with Crippen molar-refractivity contribution in [3.8, 4) is 11.5 Å². The SMILES string of the molecule is CN=C(NCC(C)Oc1ccc(OC)cc1)N(C)CC1CCOC1.I. The molecule has 1 heterocycles. The average Bonchev–Trinajstić information content (AvgIpc) is 3.09. The van der Waals surface area contributed by atoms with Gasteiger partial charge in [0.2, 0.25) is 0 Å². The van der Waals surface area contributed by atoms with Crippen molar-refractivity contribution in [3.63, 3.8) is 0 Å². The lowest BCUT2D eigenvalue weighted by molar-refractivity contribution is 0.180.